The van der Waals surface area contributed by atoms with Crippen molar-refractivity contribution >= 4 is 17.3 Å². The number of piperidine rings is 1. The van der Waals surface area contributed by atoms with Gasteiger partial charge in [-0.1, -0.05) is 0 Å². The van der Waals surface area contributed by atoms with Crippen LogP contribution in [0.5, 0.6) is 0 Å². The minimum Gasteiger partial charge on any atom is -0.481 e. The SMILES string of the molecule is Cc1cc(N2CCC(C(=O)O)CC2)ccc1N. The van der Waals surface area contributed by atoms with Crippen molar-refractivity contribution < 1.29 is 9.90 Å². The largest absolute Gasteiger partial charge is 0.481 e. The lowest BCUT2D eigenvalue weighted by molar-refractivity contribution is -0.142. The number of rotatable bonds is 2. The predicted octanol–water partition coefficient (Wildman–Crippen LogP) is 1.88. The number of nitrogen functional groups attached to an aromatic ring is 1. The number of aryl methyl sites for hydroxylation is 1. The molecule has 1 aromatic rings. The highest BCUT2D eigenvalue weighted by Gasteiger charge is 2.24. The van der Waals surface area contributed by atoms with Crippen LogP contribution in [0.4, 0.5) is 11.4 Å². The second-order valence-corrected chi connectivity index (χ2v) is 4.64. The fourth-order valence-corrected chi connectivity index (χ4v) is 2.24. The van der Waals surface area contributed by atoms with E-state index in [1.165, 1.54) is 0 Å². The van der Waals surface area contributed by atoms with E-state index in [1.54, 1.807) is 0 Å². The van der Waals surface area contributed by atoms with Gasteiger partial charge in [-0.3, -0.25) is 4.79 Å². The molecule has 0 spiro atoms. The molecule has 0 bridgehead atoms. The van der Waals surface area contributed by atoms with Crippen LogP contribution in [0.1, 0.15) is 18.4 Å². The van der Waals surface area contributed by atoms with E-state index in [2.05, 4.69) is 11.0 Å². The fraction of sp³-hybridized carbons (Fsp3) is 0.462. The van der Waals surface area contributed by atoms with Gasteiger partial charge in [-0.25, -0.2) is 0 Å². The molecule has 2 rings (SSSR count). The summed E-state index contributed by atoms with van der Waals surface area (Å²) in [7, 11) is 0. The summed E-state index contributed by atoms with van der Waals surface area (Å²) >= 11 is 0. The Morgan fingerprint density at radius 3 is 2.59 bits per heavy atom. The monoisotopic (exact) mass is 234 g/mol. The number of benzene rings is 1. The van der Waals surface area contributed by atoms with Gasteiger partial charge >= 0.3 is 5.97 Å². The van der Waals surface area contributed by atoms with Crippen molar-refractivity contribution in [2.45, 2.75) is 19.8 Å². The molecule has 1 aromatic carbocycles. The molecule has 1 saturated heterocycles. The number of anilines is 2. The Bertz CT molecular complexity index is 423. The van der Waals surface area contributed by atoms with E-state index in [0.29, 0.717) is 0 Å². The Morgan fingerprint density at radius 2 is 2.06 bits per heavy atom. The highest BCUT2D eigenvalue weighted by Crippen LogP contribution is 2.25. The van der Waals surface area contributed by atoms with Gasteiger partial charge < -0.3 is 15.7 Å². The standard InChI is InChI=1S/C13H18N2O2/c1-9-8-11(2-3-12(9)14)15-6-4-10(5-7-15)13(16)17/h2-3,8,10H,4-7,14H2,1H3,(H,16,17). The smallest absolute Gasteiger partial charge is 0.306 e. The molecule has 1 aliphatic heterocycles. The maximum absolute atomic E-state index is 10.9. The van der Waals surface area contributed by atoms with Crippen molar-refractivity contribution in [2.24, 2.45) is 5.92 Å². The molecule has 0 unspecified atom stereocenters. The molecule has 3 N–H and O–H groups in total. The summed E-state index contributed by atoms with van der Waals surface area (Å²) in [4.78, 5) is 13.1. The summed E-state index contributed by atoms with van der Waals surface area (Å²) in [5.74, 6) is -0.848. The quantitative estimate of drug-likeness (QED) is 0.767. The van der Waals surface area contributed by atoms with Crippen molar-refractivity contribution in [2.75, 3.05) is 23.7 Å². The lowest BCUT2D eigenvalue weighted by Gasteiger charge is -2.32. The van der Waals surface area contributed by atoms with Crippen LogP contribution in [0.3, 0.4) is 0 Å². The highest BCUT2D eigenvalue weighted by molar-refractivity contribution is 5.70. The second-order valence-electron chi connectivity index (χ2n) is 4.64. The molecular weight excluding hydrogens is 216 g/mol. The molecule has 0 radical (unpaired) electrons. The van der Waals surface area contributed by atoms with Crippen LogP contribution < -0.4 is 10.6 Å². The van der Waals surface area contributed by atoms with Crippen LogP contribution in [-0.4, -0.2) is 24.2 Å². The first-order valence-corrected chi connectivity index (χ1v) is 5.92. The number of carboxylic acid groups (broad SMARTS) is 1. The minimum atomic E-state index is -0.668. The number of hydrogen-bond donors (Lipinski definition) is 2. The topological polar surface area (TPSA) is 66.6 Å². The zero-order valence-electron chi connectivity index (χ0n) is 10.0. The first-order chi connectivity index (χ1) is 8.08. The molecular formula is C13H18N2O2. The van der Waals surface area contributed by atoms with Gasteiger partial charge in [-0.2, -0.15) is 0 Å². The molecule has 1 fully saturated rings. The van der Waals surface area contributed by atoms with Crippen molar-refractivity contribution in [3.8, 4) is 0 Å². The normalized spacial score (nSPS) is 17.1. The average molecular weight is 234 g/mol. The highest BCUT2D eigenvalue weighted by atomic mass is 16.4. The maximum atomic E-state index is 10.9. The number of carboxylic acids is 1. The molecule has 0 atom stereocenters. The van der Waals surface area contributed by atoms with E-state index in [4.69, 9.17) is 10.8 Å². The molecule has 4 nitrogen and oxygen atoms in total. The number of nitrogens with two attached hydrogens (primary N) is 1. The minimum absolute atomic E-state index is 0.180. The van der Waals surface area contributed by atoms with Gasteiger partial charge in [0.15, 0.2) is 0 Å². The van der Waals surface area contributed by atoms with Crippen molar-refractivity contribution in [3.05, 3.63) is 23.8 Å². The molecule has 0 aliphatic carbocycles. The Balaban J connectivity index is 2.05. The van der Waals surface area contributed by atoms with E-state index >= 15 is 0 Å². The van der Waals surface area contributed by atoms with Crippen LogP contribution >= 0.6 is 0 Å². The van der Waals surface area contributed by atoms with Gasteiger partial charge in [-0.15, -0.1) is 0 Å². The third kappa shape index (κ3) is 2.52. The van der Waals surface area contributed by atoms with Crippen molar-refractivity contribution in [1.29, 1.82) is 0 Å². The van der Waals surface area contributed by atoms with Crippen LogP contribution in [0.15, 0.2) is 18.2 Å². The molecule has 1 heterocycles. The molecule has 0 saturated carbocycles. The number of nitrogens with zero attached hydrogens (tertiary/aromatic N) is 1. The predicted molar refractivity (Wildman–Crippen MR) is 68.2 cm³/mol. The van der Waals surface area contributed by atoms with Crippen molar-refractivity contribution in [1.82, 2.24) is 0 Å². The number of aliphatic carboxylic acids is 1. The zero-order valence-corrected chi connectivity index (χ0v) is 10.0. The van der Waals surface area contributed by atoms with E-state index in [1.807, 2.05) is 19.1 Å². The number of hydrogen-bond acceptors (Lipinski definition) is 3. The van der Waals surface area contributed by atoms with Gasteiger partial charge in [0, 0.05) is 24.5 Å². The Labute approximate surface area is 101 Å². The summed E-state index contributed by atoms with van der Waals surface area (Å²) < 4.78 is 0. The Kier molecular flexibility index (Phi) is 3.22. The average Bonchev–Trinajstić information content (AvgIpc) is 2.33. The molecule has 0 amide bonds. The second kappa shape index (κ2) is 4.65. The van der Waals surface area contributed by atoms with Gasteiger partial charge in [0.25, 0.3) is 0 Å². The van der Waals surface area contributed by atoms with Crippen LogP contribution in [0.25, 0.3) is 0 Å². The lowest BCUT2D eigenvalue weighted by atomic mass is 9.96. The van der Waals surface area contributed by atoms with E-state index in [0.717, 1.165) is 42.9 Å². The van der Waals surface area contributed by atoms with Gasteiger partial charge in [-0.05, 0) is 43.5 Å². The molecule has 1 aliphatic rings. The summed E-state index contributed by atoms with van der Waals surface area (Å²) in [6.45, 7) is 3.60. The number of carbonyl (C=O) groups is 1. The lowest BCUT2D eigenvalue weighted by Crippen LogP contribution is -2.36. The first kappa shape index (κ1) is 11.8. The third-order valence-corrected chi connectivity index (χ3v) is 3.46. The molecule has 4 heteroatoms. The first-order valence-electron chi connectivity index (χ1n) is 5.92. The van der Waals surface area contributed by atoms with E-state index < -0.39 is 5.97 Å². The van der Waals surface area contributed by atoms with E-state index in [9.17, 15) is 4.79 Å². The summed E-state index contributed by atoms with van der Waals surface area (Å²) in [6.07, 6.45) is 1.44. The van der Waals surface area contributed by atoms with Crippen molar-refractivity contribution in [3.63, 3.8) is 0 Å². The Morgan fingerprint density at radius 1 is 1.41 bits per heavy atom. The molecule has 0 aromatic heterocycles. The Hall–Kier alpha value is -1.71. The molecule has 92 valence electrons. The van der Waals surface area contributed by atoms with Crippen LogP contribution in [0, 0.1) is 12.8 Å². The zero-order chi connectivity index (χ0) is 12.4. The third-order valence-electron chi connectivity index (χ3n) is 3.46. The maximum Gasteiger partial charge on any atom is 0.306 e. The molecule has 17 heavy (non-hydrogen) atoms. The summed E-state index contributed by atoms with van der Waals surface area (Å²) in [6, 6.07) is 5.98. The van der Waals surface area contributed by atoms with Gasteiger partial charge in [0.2, 0.25) is 0 Å². The van der Waals surface area contributed by atoms with E-state index in [-0.39, 0.29) is 5.92 Å². The summed E-state index contributed by atoms with van der Waals surface area (Å²) in [5, 5.41) is 8.94. The summed E-state index contributed by atoms with van der Waals surface area (Å²) in [5.41, 5.74) is 8.80. The van der Waals surface area contributed by atoms with Crippen LogP contribution in [0.2, 0.25) is 0 Å². The van der Waals surface area contributed by atoms with Gasteiger partial charge in [0.1, 0.15) is 0 Å². The van der Waals surface area contributed by atoms with Crippen LogP contribution in [-0.2, 0) is 4.79 Å². The van der Waals surface area contributed by atoms with Gasteiger partial charge in [0.05, 0.1) is 5.92 Å². The fourth-order valence-electron chi connectivity index (χ4n) is 2.24.